The van der Waals surface area contributed by atoms with Crippen LogP contribution in [-0.4, -0.2) is 91.6 Å². The van der Waals surface area contributed by atoms with Crippen LogP contribution in [0, 0.1) is 0 Å². The maximum atomic E-state index is 11.4. The quantitative estimate of drug-likeness (QED) is 0.0487. The van der Waals surface area contributed by atoms with Crippen LogP contribution in [0.1, 0.15) is 0 Å². The first-order valence-electron chi connectivity index (χ1n) is 15.9. The number of azo groups is 2. The van der Waals surface area contributed by atoms with Gasteiger partial charge in [-0.2, -0.15) is 35.4 Å². The molecule has 0 aliphatic heterocycles. The number of methoxy groups -OCH3 is 2. The van der Waals surface area contributed by atoms with E-state index in [1.54, 1.807) is 29.2 Å². The Labute approximate surface area is 371 Å². The van der Waals surface area contributed by atoms with Gasteiger partial charge in [0.25, 0.3) is 0 Å². The van der Waals surface area contributed by atoms with Gasteiger partial charge in [-0.3, -0.25) is 0 Å². The molecule has 0 aliphatic rings. The van der Waals surface area contributed by atoms with E-state index in [1.807, 2.05) is 0 Å². The number of anilines is 5. The van der Waals surface area contributed by atoms with Crippen LogP contribution in [0.5, 0.6) is 11.5 Å². The first-order valence-corrected chi connectivity index (χ1v) is 18.7. The summed E-state index contributed by atoms with van der Waals surface area (Å²) in [6, 6.07) is 19.7. The van der Waals surface area contributed by atoms with Crippen molar-refractivity contribution in [1.29, 1.82) is 0 Å². The van der Waals surface area contributed by atoms with Crippen LogP contribution in [0.25, 0.3) is 0 Å². The molecular formula is C33H32N10Na2O10S2. The van der Waals surface area contributed by atoms with Crippen LogP contribution in [0.3, 0.4) is 0 Å². The van der Waals surface area contributed by atoms with Gasteiger partial charge in [-0.25, -0.2) is 16.8 Å². The summed E-state index contributed by atoms with van der Waals surface area (Å²) in [5.74, 6) is 0.742. The topological polar surface area (TPSA) is 289 Å². The molecule has 0 fully saturated rings. The molecular weight excluding hydrogens is 807 g/mol. The van der Waals surface area contributed by atoms with Gasteiger partial charge in [0.05, 0.1) is 71.3 Å². The molecule has 0 bridgehead atoms. The second-order valence-corrected chi connectivity index (χ2v) is 13.8. The van der Waals surface area contributed by atoms with E-state index >= 15 is 0 Å². The number of aromatic nitrogens is 3. The third-order valence-electron chi connectivity index (χ3n) is 7.28. The Morgan fingerprint density at radius 3 is 1.35 bits per heavy atom. The van der Waals surface area contributed by atoms with E-state index in [-0.39, 0.29) is 115 Å². The maximum Gasteiger partial charge on any atom is 1.00 e. The van der Waals surface area contributed by atoms with Crippen molar-refractivity contribution in [3.63, 3.8) is 0 Å². The summed E-state index contributed by atoms with van der Waals surface area (Å²) in [6.45, 7) is -0.358. The minimum Gasteiger partial charge on any atom is -0.744 e. The van der Waals surface area contributed by atoms with Crippen LogP contribution in [0.2, 0.25) is 0 Å². The van der Waals surface area contributed by atoms with Crippen molar-refractivity contribution in [3.05, 3.63) is 84.9 Å². The van der Waals surface area contributed by atoms with Gasteiger partial charge in [0.1, 0.15) is 31.7 Å². The average molecular weight is 839 g/mol. The summed E-state index contributed by atoms with van der Waals surface area (Å²) in [5.41, 5.74) is 1.73. The summed E-state index contributed by atoms with van der Waals surface area (Å²) < 4.78 is 79.3. The maximum absolute atomic E-state index is 11.4. The van der Waals surface area contributed by atoms with Gasteiger partial charge in [0.2, 0.25) is 17.8 Å². The molecule has 0 atom stereocenters. The summed E-state index contributed by atoms with van der Waals surface area (Å²) in [6.07, 6.45) is 0. The molecule has 0 amide bonds. The Bertz CT molecular complexity index is 2280. The fourth-order valence-corrected chi connectivity index (χ4v) is 5.76. The van der Waals surface area contributed by atoms with Crippen molar-refractivity contribution in [2.75, 3.05) is 56.1 Å². The standard InChI is InChI=1S/C33H34N10O10S2.2Na/c1-52-29-19-23(41-39-21-5-3-7-25(17-21)54(46,47)48)9-11-27(29)34-31-36-32(38-33(37-31)43(13-15-44)14-16-45)35-28-12-10-24(20-30(28)53-2)42-40-22-6-4-8-26(18-22)55(49,50)51;;/h3-12,17-20,44-45H,13-16H2,1-2H3,(H,46,47,48)(H,49,50,51)(H2,34,35,36,37,38);;/q;2*+1/p-2. The van der Waals surface area contributed by atoms with Gasteiger partial charge in [0, 0.05) is 25.2 Å². The summed E-state index contributed by atoms with van der Waals surface area (Å²) in [7, 11) is -6.51. The van der Waals surface area contributed by atoms with Crippen LogP contribution in [-0.2, 0) is 20.2 Å². The van der Waals surface area contributed by atoms with Gasteiger partial charge in [-0.1, -0.05) is 12.1 Å². The normalized spacial score (nSPS) is 11.5. The number of hydrogen-bond acceptors (Lipinski definition) is 20. The zero-order valence-corrected chi connectivity index (χ0v) is 36.6. The zero-order chi connectivity index (χ0) is 39.6. The third-order valence-corrected chi connectivity index (χ3v) is 8.95. The second kappa shape index (κ2) is 21.5. The number of rotatable bonds is 17. The Morgan fingerprint density at radius 1 is 0.614 bits per heavy atom. The van der Waals surface area contributed by atoms with Crippen molar-refractivity contribution in [2.45, 2.75) is 9.79 Å². The van der Waals surface area contributed by atoms with Crippen molar-refractivity contribution < 1.29 is 105 Å². The molecule has 0 aliphatic carbocycles. The monoisotopic (exact) mass is 838 g/mol. The SMILES string of the molecule is COc1cc(N=Nc2cccc(S(=O)(=O)[O-])c2)ccc1Nc1nc(Nc2ccc(N=Nc3cccc(S(=O)(=O)[O-])c3)cc2OC)nc(N(CCO)CCO)n1.[Na+].[Na+]. The number of nitrogens with one attached hydrogen (secondary N) is 2. The molecule has 4 N–H and O–H groups in total. The van der Waals surface area contributed by atoms with Gasteiger partial charge in [-0.05, 0) is 60.7 Å². The molecule has 1 aromatic heterocycles. The fraction of sp³-hybridized carbons (Fsp3) is 0.182. The number of nitrogens with zero attached hydrogens (tertiary/aromatic N) is 8. The number of ether oxygens (including phenoxy) is 2. The van der Waals surface area contributed by atoms with E-state index in [4.69, 9.17) is 9.47 Å². The molecule has 0 radical (unpaired) electrons. The number of aliphatic hydroxyl groups excluding tert-OH is 2. The molecule has 20 nitrogen and oxygen atoms in total. The van der Waals surface area contributed by atoms with E-state index in [9.17, 15) is 36.2 Å². The summed E-state index contributed by atoms with van der Waals surface area (Å²) in [4.78, 5) is 14.1. The molecule has 24 heteroatoms. The van der Waals surface area contributed by atoms with E-state index < -0.39 is 30.0 Å². The second-order valence-electron chi connectivity index (χ2n) is 11.0. The first kappa shape index (κ1) is 47.2. The number of hydrogen-bond donors (Lipinski definition) is 4. The third kappa shape index (κ3) is 13.4. The predicted octanol–water partition coefficient (Wildman–Crippen LogP) is -1.19. The predicted molar refractivity (Wildman–Crippen MR) is 196 cm³/mol. The molecule has 0 saturated heterocycles. The van der Waals surface area contributed by atoms with Crippen molar-refractivity contribution in [1.82, 2.24) is 15.0 Å². The first-order chi connectivity index (χ1) is 26.3. The molecule has 0 saturated carbocycles. The van der Waals surface area contributed by atoms with E-state index in [2.05, 4.69) is 46.0 Å². The van der Waals surface area contributed by atoms with E-state index in [1.165, 1.54) is 50.6 Å². The molecule has 0 unspecified atom stereocenters. The number of aliphatic hydroxyl groups is 2. The Balaban J connectivity index is 0.00000435. The molecule has 0 spiro atoms. The number of benzene rings is 4. The molecule has 5 aromatic rings. The van der Waals surface area contributed by atoms with Crippen LogP contribution in [0.15, 0.2) is 115 Å². The fourth-order valence-electron chi connectivity index (χ4n) is 4.74. The zero-order valence-electron chi connectivity index (χ0n) is 31.0. The molecule has 288 valence electrons. The van der Waals surface area contributed by atoms with Crippen molar-refractivity contribution >= 4 is 72.2 Å². The van der Waals surface area contributed by atoms with E-state index in [0.29, 0.717) is 34.2 Å². The van der Waals surface area contributed by atoms with Crippen molar-refractivity contribution in [2.24, 2.45) is 20.5 Å². The summed E-state index contributed by atoms with van der Waals surface area (Å²) in [5, 5.41) is 41.8. The Kier molecular flexibility index (Phi) is 17.8. The van der Waals surface area contributed by atoms with Gasteiger partial charge in [0.15, 0.2) is 0 Å². The van der Waals surface area contributed by atoms with Crippen LogP contribution < -0.4 is 84.1 Å². The molecule has 1 heterocycles. The van der Waals surface area contributed by atoms with E-state index in [0.717, 1.165) is 24.3 Å². The Morgan fingerprint density at radius 2 is 1.00 bits per heavy atom. The van der Waals surface area contributed by atoms with Crippen LogP contribution in [0.4, 0.5) is 52.0 Å². The Hall–Kier alpha value is -4.17. The van der Waals surface area contributed by atoms with Crippen molar-refractivity contribution in [3.8, 4) is 11.5 Å². The molecule has 57 heavy (non-hydrogen) atoms. The van der Waals surface area contributed by atoms with Gasteiger partial charge >= 0.3 is 59.1 Å². The van der Waals surface area contributed by atoms with Crippen LogP contribution >= 0.6 is 0 Å². The largest absolute Gasteiger partial charge is 1.00 e. The molecule has 5 rings (SSSR count). The van der Waals surface area contributed by atoms with Gasteiger partial charge in [-0.15, -0.1) is 0 Å². The minimum absolute atomic E-state index is 0. The minimum atomic E-state index is -4.68. The average Bonchev–Trinajstić information content (AvgIpc) is 3.16. The summed E-state index contributed by atoms with van der Waals surface area (Å²) >= 11 is 0. The molecule has 4 aromatic carbocycles. The van der Waals surface area contributed by atoms with Gasteiger partial charge < -0.3 is 44.3 Å². The smallest absolute Gasteiger partial charge is 0.744 e.